The summed E-state index contributed by atoms with van der Waals surface area (Å²) in [6.07, 6.45) is 1.19. The smallest absolute Gasteiger partial charge is 0.243 e. The fraction of sp³-hybridized carbons (Fsp3) is 0.235. The number of hydrogen-bond donors (Lipinski definition) is 2. The SMILES string of the molecule is Cc1ccc(NCC(=O)Nc2cccc(Br)c2)c(C)c1S(C)(=O)=O. The van der Waals surface area contributed by atoms with Gasteiger partial charge in [0.2, 0.25) is 5.91 Å². The van der Waals surface area contributed by atoms with Crippen molar-refractivity contribution in [2.45, 2.75) is 18.7 Å². The van der Waals surface area contributed by atoms with E-state index >= 15 is 0 Å². The summed E-state index contributed by atoms with van der Waals surface area (Å²) in [7, 11) is -3.32. The third kappa shape index (κ3) is 4.58. The lowest BCUT2D eigenvalue weighted by Crippen LogP contribution is -2.22. The first kappa shape index (κ1) is 18.5. The molecule has 5 nitrogen and oxygen atoms in total. The molecule has 2 aromatic carbocycles. The lowest BCUT2D eigenvalue weighted by molar-refractivity contribution is -0.114. The fourth-order valence-electron chi connectivity index (χ4n) is 2.54. The minimum Gasteiger partial charge on any atom is -0.376 e. The van der Waals surface area contributed by atoms with Crippen LogP contribution in [0.25, 0.3) is 0 Å². The number of carbonyl (C=O) groups is 1. The van der Waals surface area contributed by atoms with E-state index in [1.807, 2.05) is 12.1 Å². The van der Waals surface area contributed by atoms with Gasteiger partial charge in [-0.2, -0.15) is 0 Å². The van der Waals surface area contributed by atoms with E-state index < -0.39 is 9.84 Å². The number of amides is 1. The topological polar surface area (TPSA) is 75.3 Å². The highest BCUT2D eigenvalue weighted by Crippen LogP contribution is 2.26. The van der Waals surface area contributed by atoms with Gasteiger partial charge in [-0.25, -0.2) is 8.42 Å². The van der Waals surface area contributed by atoms with Gasteiger partial charge < -0.3 is 10.6 Å². The Balaban J connectivity index is 2.11. The fourth-order valence-corrected chi connectivity index (χ4v) is 4.25. The lowest BCUT2D eigenvalue weighted by atomic mass is 10.1. The van der Waals surface area contributed by atoms with E-state index in [-0.39, 0.29) is 12.5 Å². The Labute approximate surface area is 150 Å². The van der Waals surface area contributed by atoms with E-state index in [9.17, 15) is 13.2 Å². The maximum absolute atomic E-state index is 12.0. The predicted octanol–water partition coefficient (Wildman–Crippen LogP) is 3.52. The Bertz CT molecular complexity index is 879. The van der Waals surface area contributed by atoms with E-state index in [4.69, 9.17) is 0 Å². The largest absolute Gasteiger partial charge is 0.376 e. The molecule has 0 radical (unpaired) electrons. The summed E-state index contributed by atoms with van der Waals surface area (Å²) < 4.78 is 24.7. The van der Waals surface area contributed by atoms with Crippen LogP contribution in [-0.2, 0) is 14.6 Å². The molecule has 0 aromatic heterocycles. The molecule has 0 aliphatic heterocycles. The Morgan fingerprint density at radius 2 is 1.88 bits per heavy atom. The van der Waals surface area contributed by atoms with Crippen molar-refractivity contribution in [2.24, 2.45) is 0 Å². The summed E-state index contributed by atoms with van der Waals surface area (Å²) in [4.78, 5) is 12.4. The second kappa shape index (κ2) is 7.36. The Hall–Kier alpha value is -1.86. The van der Waals surface area contributed by atoms with E-state index in [1.54, 1.807) is 38.1 Å². The maximum Gasteiger partial charge on any atom is 0.243 e. The summed E-state index contributed by atoms with van der Waals surface area (Å²) in [6.45, 7) is 3.53. The number of hydrogen-bond acceptors (Lipinski definition) is 4. The number of nitrogens with one attached hydrogen (secondary N) is 2. The summed E-state index contributed by atoms with van der Waals surface area (Å²) in [5.74, 6) is -0.214. The van der Waals surface area contributed by atoms with E-state index in [0.717, 1.165) is 4.47 Å². The van der Waals surface area contributed by atoms with Crippen LogP contribution in [-0.4, -0.2) is 27.1 Å². The van der Waals surface area contributed by atoms with Crippen LogP contribution >= 0.6 is 15.9 Å². The average molecular weight is 411 g/mol. The highest BCUT2D eigenvalue weighted by Gasteiger charge is 2.17. The zero-order valence-electron chi connectivity index (χ0n) is 13.7. The first-order valence-corrected chi connectivity index (χ1v) is 9.96. The molecule has 0 bridgehead atoms. The number of rotatable bonds is 5. The van der Waals surface area contributed by atoms with Gasteiger partial charge in [0, 0.05) is 22.1 Å². The van der Waals surface area contributed by atoms with Crippen molar-refractivity contribution in [3.05, 3.63) is 52.0 Å². The molecular formula is C17H19BrN2O3S. The number of halogens is 1. The summed E-state index contributed by atoms with van der Waals surface area (Å²) in [5.41, 5.74) is 2.63. The van der Waals surface area contributed by atoms with Crippen LogP contribution in [0.5, 0.6) is 0 Å². The molecule has 0 heterocycles. The first-order valence-electron chi connectivity index (χ1n) is 7.28. The molecule has 0 saturated heterocycles. The van der Waals surface area contributed by atoms with Crippen molar-refractivity contribution < 1.29 is 13.2 Å². The summed E-state index contributed by atoms with van der Waals surface area (Å²) in [5, 5.41) is 5.78. The van der Waals surface area contributed by atoms with Gasteiger partial charge in [-0.05, 0) is 49.2 Å². The van der Waals surface area contributed by atoms with Gasteiger partial charge >= 0.3 is 0 Å². The number of sulfone groups is 1. The van der Waals surface area contributed by atoms with Crippen molar-refractivity contribution >= 4 is 43.0 Å². The number of anilines is 2. The van der Waals surface area contributed by atoms with Gasteiger partial charge in [-0.1, -0.05) is 28.1 Å². The molecular weight excluding hydrogens is 392 g/mol. The standard InChI is InChI=1S/C17H19BrN2O3S/c1-11-7-8-15(12(2)17(11)24(3,22)23)19-10-16(21)20-14-6-4-5-13(18)9-14/h4-9,19H,10H2,1-3H3,(H,20,21). The lowest BCUT2D eigenvalue weighted by Gasteiger charge is -2.14. The molecule has 0 unspecified atom stereocenters. The molecule has 7 heteroatoms. The minimum atomic E-state index is -3.32. The molecule has 2 rings (SSSR count). The van der Waals surface area contributed by atoms with Crippen molar-refractivity contribution in [2.75, 3.05) is 23.4 Å². The highest BCUT2D eigenvalue weighted by atomic mass is 79.9. The third-order valence-corrected chi connectivity index (χ3v) is 5.38. The second-order valence-corrected chi connectivity index (χ2v) is 8.44. The number of aryl methyl sites for hydroxylation is 1. The molecule has 0 atom stereocenters. The third-order valence-electron chi connectivity index (χ3n) is 3.52. The monoisotopic (exact) mass is 410 g/mol. The summed E-state index contributed by atoms with van der Waals surface area (Å²) in [6, 6.07) is 10.8. The van der Waals surface area contributed by atoms with Crippen LogP contribution in [0, 0.1) is 13.8 Å². The van der Waals surface area contributed by atoms with Crippen LogP contribution in [0.2, 0.25) is 0 Å². The molecule has 2 aromatic rings. The van der Waals surface area contributed by atoms with Crippen LogP contribution in [0.3, 0.4) is 0 Å². The molecule has 0 aliphatic rings. The van der Waals surface area contributed by atoms with Crippen LogP contribution in [0.15, 0.2) is 45.8 Å². The van der Waals surface area contributed by atoms with Crippen molar-refractivity contribution in [1.29, 1.82) is 0 Å². The van der Waals surface area contributed by atoms with Crippen LogP contribution in [0.4, 0.5) is 11.4 Å². The van der Waals surface area contributed by atoms with Gasteiger partial charge in [0.15, 0.2) is 9.84 Å². The number of carbonyl (C=O) groups excluding carboxylic acids is 1. The Morgan fingerprint density at radius 3 is 2.50 bits per heavy atom. The summed E-state index contributed by atoms with van der Waals surface area (Å²) >= 11 is 3.35. The van der Waals surface area contributed by atoms with Crippen molar-refractivity contribution in [1.82, 2.24) is 0 Å². The minimum absolute atomic E-state index is 0.0413. The molecule has 0 saturated carbocycles. The van der Waals surface area contributed by atoms with Crippen LogP contribution in [0.1, 0.15) is 11.1 Å². The van der Waals surface area contributed by atoms with Crippen molar-refractivity contribution in [3.63, 3.8) is 0 Å². The predicted molar refractivity (Wildman–Crippen MR) is 100 cm³/mol. The second-order valence-electron chi connectivity index (χ2n) is 5.57. The molecule has 0 fully saturated rings. The molecule has 24 heavy (non-hydrogen) atoms. The quantitative estimate of drug-likeness (QED) is 0.790. The van der Waals surface area contributed by atoms with E-state index in [1.165, 1.54) is 6.26 Å². The molecule has 0 spiro atoms. The Kier molecular flexibility index (Phi) is 5.66. The van der Waals surface area contributed by atoms with E-state index in [0.29, 0.717) is 27.4 Å². The van der Waals surface area contributed by atoms with Gasteiger partial charge in [0.05, 0.1) is 11.4 Å². The van der Waals surface area contributed by atoms with Crippen molar-refractivity contribution in [3.8, 4) is 0 Å². The average Bonchev–Trinajstić information content (AvgIpc) is 2.45. The van der Waals surface area contributed by atoms with Gasteiger partial charge in [-0.3, -0.25) is 4.79 Å². The van der Waals surface area contributed by atoms with Gasteiger partial charge in [-0.15, -0.1) is 0 Å². The van der Waals surface area contributed by atoms with Crippen LogP contribution < -0.4 is 10.6 Å². The molecule has 1 amide bonds. The number of benzene rings is 2. The zero-order valence-corrected chi connectivity index (χ0v) is 16.1. The first-order chi connectivity index (χ1) is 11.2. The highest BCUT2D eigenvalue weighted by molar-refractivity contribution is 9.10. The van der Waals surface area contributed by atoms with Gasteiger partial charge in [0.1, 0.15) is 0 Å². The molecule has 0 aliphatic carbocycles. The normalized spacial score (nSPS) is 11.2. The van der Waals surface area contributed by atoms with E-state index in [2.05, 4.69) is 26.6 Å². The maximum atomic E-state index is 12.0. The molecule has 128 valence electrons. The van der Waals surface area contributed by atoms with Gasteiger partial charge in [0.25, 0.3) is 0 Å². The Morgan fingerprint density at radius 1 is 1.17 bits per heavy atom. The molecule has 2 N–H and O–H groups in total. The zero-order chi connectivity index (χ0) is 17.9.